The molecule has 19 heavy (non-hydrogen) atoms. The molecule has 0 aliphatic carbocycles. The molecule has 5 heteroatoms. The number of hydrogen-bond donors (Lipinski definition) is 2. The fourth-order valence-corrected chi connectivity index (χ4v) is 2.87. The molecule has 3 nitrogen and oxygen atoms in total. The van der Waals surface area contributed by atoms with Crippen LogP contribution in [0.4, 0.5) is 11.4 Å². The Bertz CT molecular complexity index is 595. The Hall–Kier alpha value is -1.52. The molecule has 100 valence electrons. The van der Waals surface area contributed by atoms with Crippen molar-refractivity contribution >= 4 is 40.1 Å². The Morgan fingerprint density at radius 2 is 2.16 bits per heavy atom. The van der Waals surface area contributed by atoms with E-state index >= 15 is 0 Å². The van der Waals surface area contributed by atoms with Gasteiger partial charge in [0.1, 0.15) is 0 Å². The Balaban J connectivity index is 1.96. The highest BCUT2D eigenvalue weighted by Gasteiger charge is 2.05. The average molecular weight is 295 g/mol. The molecule has 1 heterocycles. The molecule has 2 rings (SSSR count). The number of nitrogens with one attached hydrogen (secondary N) is 1. The van der Waals surface area contributed by atoms with E-state index in [1.807, 2.05) is 18.2 Å². The number of carbonyl (C=O) groups excluding carboxylic acids is 1. The average Bonchev–Trinajstić information content (AvgIpc) is 2.77. The van der Waals surface area contributed by atoms with Gasteiger partial charge in [0, 0.05) is 28.4 Å². The molecule has 2 aromatic rings. The lowest BCUT2D eigenvalue weighted by atomic mass is 10.1. The first-order chi connectivity index (χ1) is 9.06. The molecule has 0 unspecified atom stereocenters. The van der Waals surface area contributed by atoms with Crippen LogP contribution in [-0.2, 0) is 6.42 Å². The number of carbonyl (C=O) groups is 1. The van der Waals surface area contributed by atoms with Crippen molar-refractivity contribution in [2.75, 3.05) is 17.6 Å². The van der Waals surface area contributed by atoms with Gasteiger partial charge in [0.25, 0.3) is 0 Å². The number of benzene rings is 1. The molecule has 0 amide bonds. The van der Waals surface area contributed by atoms with Crippen LogP contribution in [-0.4, -0.2) is 12.3 Å². The summed E-state index contributed by atoms with van der Waals surface area (Å²) in [6, 6.07) is 9.35. The van der Waals surface area contributed by atoms with Gasteiger partial charge in [-0.05, 0) is 43.7 Å². The van der Waals surface area contributed by atoms with Gasteiger partial charge in [-0.15, -0.1) is 11.3 Å². The van der Waals surface area contributed by atoms with E-state index in [1.54, 1.807) is 23.5 Å². The molecule has 0 radical (unpaired) electrons. The van der Waals surface area contributed by atoms with E-state index in [1.165, 1.54) is 11.8 Å². The lowest BCUT2D eigenvalue weighted by molar-refractivity contribution is 0.101. The number of ketones is 1. The standard InChI is InChI=1S/C14H15ClN2OS/c1-9(18)12-8-10(2-4-13(12)16)17-7-6-11-3-5-14(15)19-11/h2-5,8,17H,6-7,16H2,1H3. The van der Waals surface area contributed by atoms with Gasteiger partial charge in [0.05, 0.1) is 4.34 Å². The number of nitrogen functional groups attached to an aromatic ring is 1. The fourth-order valence-electron chi connectivity index (χ4n) is 1.79. The highest BCUT2D eigenvalue weighted by atomic mass is 35.5. The Labute approximate surface area is 121 Å². The molecule has 1 aromatic carbocycles. The van der Waals surface area contributed by atoms with Crippen LogP contribution in [0.3, 0.4) is 0 Å². The van der Waals surface area contributed by atoms with Crippen molar-refractivity contribution in [2.45, 2.75) is 13.3 Å². The van der Waals surface area contributed by atoms with Crippen molar-refractivity contribution in [3.8, 4) is 0 Å². The molecule has 3 N–H and O–H groups in total. The van der Waals surface area contributed by atoms with Crippen LogP contribution in [0.5, 0.6) is 0 Å². The number of nitrogens with two attached hydrogens (primary N) is 1. The summed E-state index contributed by atoms with van der Waals surface area (Å²) >= 11 is 7.46. The Morgan fingerprint density at radius 1 is 1.37 bits per heavy atom. The zero-order chi connectivity index (χ0) is 13.8. The molecule has 0 saturated carbocycles. The van der Waals surface area contributed by atoms with Gasteiger partial charge in [-0.25, -0.2) is 0 Å². The largest absolute Gasteiger partial charge is 0.398 e. The summed E-state index contributed by atoms with van der Waals surface area (Å²) in [4.78, 5) is 12.6. The van der Waals surface area contributed by atoms with Crippen molar-refractivity contribution in [1.29, 1.82) is 0 Å². The topological polar surface area (TPSA) is 55.1 Å². The van der Waals surface area contributed by atoms with E-state index in [-0.39, 0.29) is 5.78 Å². The predicted octanol–water partition coefficient (Wildman–Crippen LogP) is 3.84. The lowest BCUT2D eigenvalue weighted by Gasteiger charge is -2.08. The zero-order valence-electron chi connectivity index (χ0n) is 10.6. The van der Waals surface area contributed by atoms with Gasteiger partial charge in [-0.1, -0.05) is 11.6 Å². The third-order valence-corrected chi connectivity index (χ3v) is 4.05. The molecular weight excluding hydrogens is 280 g/mol. The van der Waals surface area contributed by atoms with Crippen LogP contribution in [0.1, 0.15) is 22.2 Å². The maximum Gasteiger partial charge on any atom is 0.161 e. The van der Waals surface area contributed by atoms with Crippen molar-refractivity contribution in [3.05, 3.63) is 45.1 Å². The van der Waals surface area contributed by atoms with E-state index < -0.39 is 0 Å². The number of hydrogen-bond acceptors (Lipinski definition) is 4. The van der Waals surface area contributed by atoms with Gasteiger partial charge in [0.2, 0.25) is 0 Å². The summed E-state index contributed by atoms with van der Waals surface area (Å²) in [5.74, 6) is -0.0220. The number of anilines is 2. The van der Waals surface area contributed by atoms with Crippen LogP contribution in [0.25, 0.3) is 0 Å². The van der Waals surface area contributed by atoms with Crippen LogP contribution in [0, 0.1) is 0 Å². The summed E-state index contributed by atoms with van der Waals surface area (Å²) in [7, 11) is 0. The molecule has 0 spiro atoms. The van der Waals surface area contributed by atoms with Crippen molar-refractivity contribution < 1.29 is 4.79 Å². The molecule has 0 aliphatic rings. The smallest absolute Gasteiger partial charge is 0.161 e. The van der Waals surface area contributed by atoms with Crippen LogP contribution in [0.2, 0.25) is 4.34 Å². The zero-order valence-corrected chi connectivity index (χ0v) is 12.1. The Kier molecular flexibility index (Phi) is 4.45. The van der Waals surface area contributed by atoms with Gasteiger partial charge in [0.15, 0.2) is 5.78 Å². The minimum atomic E-state index is -0.0220. The van der Waals surface area contributed by atoms with Crippen molar-refractivity contribution in [1.82, 2.24) is 0 Å². The highest BCUT2D eigenvalue weighted by molar-refractivity contribution is 7.16. The van der Waals surface area contributed by atoms with Crippen molar-refractivity contribution in [3.63, 3.8) is 0 Å². The number of Topliss-reactive ketones (excluding diaryl/α,β-unsaturated/α-hetero) is 1. The number of thiophene rings is 1. The second-order valence-corrected chi connectivity index (χ2v) is 6.04. The van der Waals surface area contributed by atoms with Crippen LogP contribution in [0.15, 0.2) is 30.3 Å². The van der Waals surface area contributed by atoms with E-state index in [0.717, 1.165) is 23.0 Å². The maximum atomic E-state index is 11.4. The number of rotatable bonds is 5. The quantitative estimate of drug-likeness (QED) is 0.651. The Morgan fingerprint density at radius 3 is 2.79 bits per heavy atom. The molecule has 0 bridgehead atoms. The summed E-state index contributed by atoms with van der Waals surface area (Å²) in [6.45, 7) is 2.31. The fraction of sp³-hybridized carbons (Fsp3) is 0.214. The first-order valence-corrected chi connectivity index (χ1v) is 7.14. The molecule has 0 saturated heterocycles. The van der Waals surface area contributed by atoms with Crippen molar-refractivity contribution in [2.24, 2.45) is 0 Å². The number of halogens is 1. The van der Waals surface area contributed by atoms with E-state index in [4.69, 9.17) is 17.3 Å². The second-order valence-electron chi connectivity index (χ2n) is 4.24. The molecule has 0 atom stereocenters. The van der Waals surface area contributed by atoms with Crippen LogP contribution < -0.4 is 11.1 Å². The highest BCUT2D eigenvalue weighted by Crippen LogP contribution is 2.22. The summed E-state index contributed by atoms with van der Waals surface area (Å²) < 4.78 is 0.807. The summed E-state index contributed by atoms with van der Waals surface area (Å²) in [5, 5.41) is 3.28. The van der Waals surface area contributed by atoms with Gasteiger partial charge in [-0.3, -0.25) is 4.79 Å². The van der Waals surface area contributed by atoms with E-state index in [2.05, 4.69) is 5.32 Å². The first-order valence-electron chi connectivity index (χ1n) is 5.95. The van der Waals surface area contributed by atoms with E-state index in [0.29, 0.717) is 11.3 Å². The minimum Gasteiger partial charge on any atom is -0.398 e. The maximum absolute atomic E-state index is 11.4. The summed E-state index contributed by atoms with van der Waals surface area (Å²) in [6.07, 6.45) is 0.900. The predicted molar refractivity (Wildman–Crippen MR) is 82.4 cm³/mol. The SMILES string of the molecule is CC(=O)c1cc(NCCc2ccc(Cl)s2)ccc1N. The monoisotopic (exact) mass is 294 g/mol. The first kappa shape index (κ1) is 13.9. The second kappa shape index (κ2) is 6.08. The molecule has 0 aliphatic heterocycles. The van der Waals surface area contributed by atoms with Gasteiger partial charge >= 0.3 is 0 Å². The van der Waals surface area contributed by atoms with E-state index in [9.17, 15) is 4.79 Å². The van der Waals surface area contributed by atoms with Gasteiger partial charge in [-0.2, -0.15) is 0 Å². The van der Waals surface area contributed by atoms with Crippen LogP contribution >= 0.6 is 22.9 Å². The molecule has 0 fully saturated rings. The lowest BCUT2D eigenvalue weighted by Crippen LogP contribution is -2.06. The molecular formula is C14H15ClN2OS. The summed E-state index contributed by atoms with van der Waals surface area (Å²) in [5.41, 5.74) is 7.73. The third kappa shape index (κ3) is 3.72. The van der Waals surface area contributed by atoms with Gasteiger partial charge < -0.3 is 11.1 Å². The molecule has 1 aromatic heterocycles. The normalized spacial score (nSPS) is 10.4. The third-order valence-electron chi connectivity index (χ3n) is 2.76. The minimum absolute atomic E-state index is 0.0220.